The molecule has 0 saturated carbocycles. The number of morpholine rings is 1. The number of hydrogen-bond donors (Lipinski definition) is 2. The van der Waals surface area contributed by atoms with Crippen LogP contribution in [0.5, 0.6) is 0 Å². The van der Waals surface area contributed by atoms with Crippen molar-refractivity contribution in [3.8, 4) is 0 Å². The van der Waals surface area contributed by atoms with Crippen LogP contribution in [-0.2, 0) is 9.47 Å². The number of anilines is 1. The molecule has 9 heteroatoms. The molecule has 0 aliphatic carbocycles. The van der Waals surface area contributed by atoms with Gasteiger partial charge in [0.05, 0.1) is 31.1 Å². The average Bonchev–Trinajstić information content (AvgIpc) is 3.18. The SMILES string of the molecule is CCOC(=O)c1[nH]c2ccccc2c1NC(=O)c1ccc(C(=O)N2CCOCC2)nc1. The number of benzene rings is 1. The zero-order valence-electron chi connectivity index (χ0n) is 17.0. The summed E-state index contributed by atoms with van der Waals surface area (Å²) in [5, 5.41) is 3.46. The summed E-state index contributed by atoms with van der Waals surface area (Å²) in [5.74, 6) is -1.21. The molecule has 9 nitrogen and oxygen atoms in total. The van der Waals surface area contributed by atoms with Crippen molar-refractivity contribution in [2.45, 2.75) is 6.92 Å². The van der Waals surface area contributed by atoms with Crippen molar-refractivity contribution >= 4 is 34.4 Å². The summed E-state index contributed by atoms with van der Waals surface area (Å²) < 4.78 is 10.4. The summed E-state index contributed by atoms with van der Waals surface area (Å²) in [6, 6.07) is 10.3. The molecule has 0 spiro atoms. The van der Waals surface area contributed by atoms with Crippen molar-refractivity contribution in [1.29, 1.82) is 0 Å². The first-order valence-electron chi connectivity index (χ1n) is 10.0. The maximum Gasteiger partial charge on any atom is 0.356 e. The summed E-state index contributed by atoms with van der Waals surface area (Å²) in [6.45, 7) is 3.95. The van der Waals surface area contributed by atoms with Gasteiger partial charge in [-0.2, -0.15) is 0 Å². The lowest BCUT2D eigenvalue weighted by Crippen LogP contribution is -2.41. The van der Waals surface area contributed by atoms with E-state index < -0.39 is 11.9 Å². The smallest absolute Gasteiger partial charge is 0.356 e. The van der Waals surface area contributed by atoms with Crippen LogP contribution in [0.1, 0.15) is 38.3 Å². The highest BCUT2D eigenvalue weighted by molar-refractivity contribution is 6.14. The van der Waals surface area contributed by atoms with Crippen molar-refractivity contribution in [2.75, 3.05) is 38.2 Å². The number of H-pyrrole nitrogens is 1. The zero-order chi connectivity index (χ0) is 21.8. The van der Waals surface area contributed by atoms with Crippen LogP contribution in [-0.4, -0.2) is 65.6 Å². The molecule has 2 amide bonds. The molecule has 1 aromatic carbocycles. The van der Waals surface area contributed by atoms with Gasteiger partial charge in [-0.3, -0.25) is 14.6 Å². The maximum atomic E-state index is 12.8. The second-order valence-electron chi connectivity index (χ2n) is 6.93. The molecular formula is C22H22N4O5. The third kappa shape index (κ3) is 4.26. The largest absolute Gasteiger partial charge is 0.461 e. The first kappa shape index (κ1) is 20.5. The van der Waals surface area contributed by atoms with Gasteiger partial charge in [0.15, 0.2) is 0 Å². The van der Waals surface area contributed by atoms with Crippen LogP contribution >= 0.6 is 0 Å². The van der Waals surface area contributed by atoms with Gasteiger partial charge in [0, 0.05) is 30.2 Å². The van der Waals surface area contributed by atoms with Crippen LogP contribution in [0.3, 0.4) is 0 Å². The fourth-order valence-corrected chi connectivity index (χ4v) is 3.40. The van der Waals surface area contributed by atoms with E-state index in [1.165, 1.54) is 18.3 Å². The minimum atomic E-state index is -0.557. The molecule has 31 heavy (non-hydrogen) atoms. The standard InChI is InChI=1S/C22H22N4O5/c1-2-31-22(29)19-18(15-5-3-4-6-16(15)24-19)25-20(27)14-7-8-17(23-13-14)21(28)26-9-11-30-12-10-26/h3-8,13,24H,2,9-12H2,1H3,(H,25,27). The number of esters is 1. The molecule has 1 fully saturated rings. The number of pyridine rings is 1. The third-order valence-electron chi connectivity index (χ3n) is 4.97. The van der Waals surface area contributed by atoms with E-state index >= 15 is 0 Å². The molecule has 0 radical (unpaired) electrons. The minimum absolute atomic E-state index is 0.170. The van der Waals surface area contributed by atoms with Gasteiger partial charge in [0.1, 0.15) is 11.4 Å². The van der Waals surface area contributed by atoms with Crippen LogP contribution in [0.25, 0.3) is 10.9 Å². The first-order chi connectivity index (χ1) is 15.1. The van der Waals surface area contributed by atoms with E-state index in [-0.39, 0.29) is 29.5 Å². The van der Waals surface area contributed by atoms with Gasteiger partial charge in [-0.15, -0.1) is 0 Å². The van der Waals surface area contributed by atoms with Crippen molar-refractivity contribution in [3.05, 3.63) is 59.5 Å². The lowest BCUT2D eigenvalue weighted by molar-refractivity contribution is 0.0299. The number of carbonyl (C=O) groups is 3. The summed E-state index contributed by atoms with van der Waals surface area (Å²) in [4.78, 5) is 46.5. The Morgan fingerprint density at radius 1 is 1.16 bits per heavy atom. The summed E-state index contributed by atoms with van der Waals surface area (Å²) in [6.07, 6.45) is 1.35. The van der Waals surface area contributed by atoms with Gasteiger partial charge < -0.3 is 24.7 Å². The van der Waals surface area contributed by atoms with E-state index in [9.17, 15) is 14.4 Å². The lowest BCUT2D eigenvalue weighted by Gasteiger charge is -2.26. The van der Waals surface area contributed by atoms with Crippen LogP contribution in [0.15, 0.2) is 42.6 Å². The maximum absolute atomic E-state index is 12.8. The summed E-state index contributed by atoms with van der Waals surface area (Å²) >= 11 is 0. The fourth-order valence-electron chi connectivity index (χ4n) is 3.40. The van der Waals surface area contributed by atoms with Gasteiger partial charge in [-0.05, 0) is 25.1 Å². The molecule has 4 rings (SSSR count). The van der Waals surface area contributed by atoms with Gasteiger partial charge >= 0.3 is 5.97 Å². The average molecular weight is 422 g/mol. The Morgan fingerprint density at radius 3 is 2.65 bits per heavy atom. The number of aromatic amines is 1. The monoisotopic (exact) mass is 422 g/mol. The van der Waals surface area contributed by atoms with E-state index in [0.717, 1.165) is 0 Å². The normalized spacial score (nSPS) is 13.8. The van der Waals surface area contributed by atoms with E-state index in [0.29, 0.717) is 42.9 Å². The molecule has 1 saturated heterocycles. The fraction of sp³-hybridized carbons (Fsp3) is 0.273. The van der Waals surface area contributed by atoms with E-state index in [1.54, 1.807) is 24.0 Å². The lowest BCUT2D eigenvalue weighted by atomic mass is 10.2. The van der Waals surface area contributed by atoms with Gasteiger partial charge in [0.2, 0.25) is 0 Å². The summed E-state index contributed by atoms with van der Waals surface area (Å²) in [5.41, 5.74) is 1.73. The Balaban J connectivity index is 1.55. The molecule has 0 atom stereocenters. The van der Waals surface area contributed by atoms with E-state index in [4.69, 9.17) is 9.47 Å². The molecule has 160 valence electrons. The number of fused-ring (bicyclic) bond motifs is 1. The Labute approximate surface area is 178 Å². The number of carbonyl (C=O) groups excluding carboxylic acids is 3. The number of para-hydroxylation sites is 1. The Morgan fingerprint density at radius 2 is 1.94 bits per heavy atom. The number of ether oxygens (including phenoxy) is 2. The van der Waals surface area contributed by atoms with E-state index in [1.807, 2.05) is 12.1 Å². The van der Waals surface area contributed by atoms with Crippen LogP contribution in [0.2, 0.25) is 0 Å². The molecule has 0 bridgehead atoms. The number of aromatic nitrogens is 2. The zero-order valence-corrected chi connectivity index (χ0v) is 17.0. The minimum Gasteiger partial charge on any atom is -0.461 e. The van der Waals surface area contributed by atoms with Gasteiger partial charge in [-0.25, -0.2) is 4.79 Å². The summed E-state index contributed by atoms with van der Waals surface area (Å²) in [7, 11) is 0. The molecule has 3 aromatic rings. The first-order valence-corrected chi connectivity index (χ1v) is 10.0. The Hall–Kier alpha value is -3.72. The van der Waals surface area contributed by atoms with Crippen molar-refractivity contribution in [3.63, 3.8) is 0 Å². The number of amides is 2. The second kappa shape index (κ2) is 8.97. The molecular weight excluding hydrogens is 400 g/mol. The highest BCUT2D eigenvalue weighted by Crippen LogP contribution is 2.28. The molecule has 2 aromatic heterocycles. The highest BCUT2D eigenvalue weighted by atomic mass is 16.5. The van der Waals surface area contributed by atoms with Crippen LogP contribution in [0, 0.1) is 0 Å². The van der Waals surface area contributed by atoms with Gasteiger partial charge in [0.25, 0.3) is 11.8 Å². The number of nitrogens with one attached hydrogen (secondary N) is 2. The number of hydrogen-bond acceptors (Lipinski definition) is 6. The van der Waals surface area contributed by atoms with Crippen LogP contribution in [0.4, 0.5) is 5.69 Å². The Bertz CT molecular complexity index is 1120. The molecule has 2 N–H and O–H groups in total. The molecule has 3 heterocycles. The second-order valence-corrected chi connectivity index (χ2v) is 6.93. The molecule has 0 unspecified atom stereocenters. The van der Waals surface area contributed by atoms with E-state index in [2.05, 4.69) is 15.3 Å². The third-order valence-corrected chi connectivity index (χ3v) is 4.97. The topological polar surface area (TPSA) is 114 Å². The predicted octanol–water partition coefficient (Wildman–Crippen LogP) is 2.46. The number of rotatable bonds is 5. The quantitative estimate of drug-likeness (QED) is 0.611. The molecule has 1 aliphatic heterocycles. The molecule has 1 aliphatic rings. The predicted molar refractivity (Wildman–Crippen MR) is 113 cm³/mol. The number of nitrogens with zero attached hydrogens (tertiary/aromatic N) is 2. The van der Waals surface area contributed by atoms with Crippen molar-refractivity contribution < 1.29 is 23.9 Å². The van der Waals surface area contributed by atoms with Crippen molar-refractivity contribution in [1.82, 2.24) is 14.9 Å². The van der Waals surface area contributed by atoms with Gasteiger partial charge in [-0.1, -0.05) is 18.2 Å². The Kier molecular flexibility index (Phi) is 5.94. The van der Waals surface area contributed by atoms with Crippen LogP contribution < -0.4 is 5.32 Å². The highest BCUT2D eigenvalue weighted by Gasteiger charge is 2.22. The van der Waals surface area contributed by atoms with Crippen molar-refractivity contribution in [2.24, 2.45) is 0 Å².